The van der Waals surface area contributed by atoms with Crippen LogP contribution in [0.4, 0.5) is 0 Å². The van der Waals surface area contributed by atoms with Gasteiger partial charge in [-0.2, -0.15) is 0 Å². The van der Waals surface area contributed by atoms with E-state index in [2.05, 4.69) is 39.1 Å². The average Bonchev–Trinajstić information content (AvgIpc) is 2.49. The summed E-state index contributed by atoms with van der Waals surface area (Å²) in [6, 6.07) is 6.25. The van der Waals surface area contributed by atoms with E-state index in [1.54, 1.807) is 21.6 Å². The van der Waals surface area contributed by atoms with Crippen molar-refractivity contribution in [2.24, 2.45) is 5.73 Å². The minimum absolute atomic E-state index is 0.0221. The average molecular weight is 341 g/mol. The molecule has 0 saturated carbocycles. The highest BCUT2D eigenvalue weighted by molar-refractivity contribution is 8.76. The summed E-state index contributed by atoms with van der Waals surface area (Å²) in [5.74, 6) is 2.72. The van der Waals surface area contributed by atoms with Crippen LogP contribution in [0.1, 0.15) is 61.0 Å². The van der Waals surface area contributed by atoms with Crippen molar-refractivity contribution in [3.63, 3.8) is 0 Å². The van der Waals surface area contributed by atoms with Crippen LogP contribution in [0.15, 0.2) is 18.2 Å². The van der Waals surface area contributed by atoms with Crippen molar-refractivity contribution < 1.29 is 4.79 Å². The van der Waals surface area contributed by atoms with Crippen LogP contribution in [-0.2, 0) is 0 Å². The second kappa shape index (κ2) is 10.2. The minimum Gasteiger partial charge on any atom is -0.351 e. The first-order chi connectivity index (χ1) is 10.5. The number of hydrogen-bond acceptors (Lipinski definition) is 4. The summed E-state index contributed by atoms with van der Waals surface area (Å²) in [6.45, 7) is 10.0. The van der Waals surface area contributed by atoms with Gasteiger partial charge in [-0.3, -0.25) is 4.79 Å². The molecule has 124 valence electrons. The van der Waals surface area contributed by atoms with E-state index in [0.29, 0.717) is 24.9 Å². The van der Waals surface area contributed by atoms with Gasteiger partial charge in [0.15, 0.2) is 0 Å². The number of nitrogens with one attached hydrogen (secondary N) is 1. The smallest absolute Gasteiger partial charge is 0.251 e. The summed E-state index contributed by atoms with van der Waals surface area (Å²) in [5.41, 5.74) is 8.67. The van der Waals surface area contributed by atoms with Crippen molar-refractivity contribution in [1.29, 1.82) is 0 Å². The molecule has 3 N–H and O–H groups in total. The monoisotopic (exact) mass is 340 g/mol. The minimum atomic E-state index is 0.0221. The quantitative estimate of drug-likeness (QED) is 0.527. The van der Waals surface area contributed by atoms with E-state index < -0.39 is 0 Å². The predicted molar refractivity (Wildman–Crippen MR) is 101 cm³/mol. The molecule has 0 heterocycles. The van der Waals surface area contributed by atoms with Crippen molar-refractivity contribution in [3.05, 3.63) is 34.9 Å². The lowest BCUT2D eigenvalue weighted by Gasteiger charge is -2.14. The van der Waals surface area contributed by atoms with Gasteiger partial charge in [0, 0.05) is 30.2 Å². The van der Waals surface area contributed by atoms with Gasteiger partial charge in [0.2, 0.25) is 0 Å². The lowest BCUT2D eigenvalue weighted by molar-refractivity contribution is 0.0956. The van der Waals surface area contributed by atoms with Crippen molar-refractivity contribution in [3.8, 4) is 0 Å². The van der Waals surface area contributed by atoms with Gasteiger partial charge in [-0.25, -0.2) is 0 Å². The van der Waals surface area contributed by atoms with Gasteiger partial charge in [0.05, 0.1) is 0 Å². The molecule has 0 aliphatic carbocycles. The Kier molecular flexibility index (Phi) is 8.98. The largest absolute Gasteiger partial charge is 0.351 e. The Morgan fingerprint density at radius 3 is 2.09 bits per heavy atom. The topological polar surface area (TPSA) is 55.1 Å². The van der Waals surface area contributed by atoms with Crippen LogP contribution >= 0.6 is 21.6 Å². The van der Waals surface area contributed by atoms with Gasteiger partial charge in [0.25, 0.3) is 5.91 Å². The molecule has 1 amide bonds. The zero-order chi connectivity index (χ0) is 16.5. The van der Waals surface area contributed by atoms with Crippen molar-refractivity contribution in [1.82, 2.24) is 5.32 Å². The predicted octanol–water partition coefficient (Wildman–Crippen LogP) is 4.00. The molecule has 0 fully saturated rings. The molecule has 1 aromatic carbocycles. The van der Waals surface area contributed by atoms with E-state index in [9.17, 15) is 4.79 Å². The summed E-state index contributed by atoms with van der Waals surface area (Å²) in [5, 5.41) is 3.00. The van der Waals surface area contributed by atoms with Crippen LogP contribution in [0.3, 0.4) is 0 Å². The molecule has 0 radical (unpaired) electrons. The Morgan fingerprint density at radius 1 is 1.05 bits per heavy atom. The number of benzene rings is 1. The van der Waals surface area contributed by atoms with E-state index in [1.165, 1.54) is 11.1 Å². The van der Waals surface area contributed by atoms with Crippen molar-refractivity contribution in [2.75, 3.05) is 24.6 Å². The second-order valence-corrected chi connectivity index (χ2v) is 8.59. The molecule has 0 saturated heterocycles. The molecular weight excluding hydrogens is 312 g/mol. The van der Waals surface area contributed by atoms with Gasteiger partial charge >= 0.3 is 0 Å². The molecule has 3 nitrogen and oxygen atoms in total. The summed E-state index contributed by atoms with van der Waals surface area (Å²) in [4.78, 5) is 12.3. The van der Waals surface area contributed by atoms with Gasteiger partial charge in [-0.05, 0) is 35.1 Å². The maximum Gasteiger partial charge on any atom is 0.251 e. The molecule has 0 atom stereocenters. The van der Waals surface area contributed by atoms with Gasteiger partial charge in [-0.15, -0.1) is 0 Å². The number of amides is 1. The van der Waals surface area contributed by atoms with Crippen LogP contribution in [0.5, 0.6) is 0 Å². The lowest BCUT2D eigenvalue weighted by Crippen LogP contribution is -2.26. The zero-order valence-electron chi connectivity index (χ0n) is 14.0. The molecule has 22 heavy (non-hydrogen) atoms. The fourth-order valence-corrected chi connectivity index (χ4v) is 3.71. The molecule has 0 aliphatic heterocycles. The first-order valence-electron chi connectivity index (χ1n) is 7.83. The number of carbonyl (C=O) groups is 1. The Balaban J connectivity index is 2.64. The third kappa shape index (κ3) is 6.63. The maximum atomic E-state index is 12.3. The van der Waals surface area contributed by atoms with Gasteiger partial charge in [-0.1, -0.05) is 55.3 Å². The summed E-state index contributed by atoms with van der Waals surface area (Å²) in [7, 11) is 3.51. The van der Waals surface area contributed by atoms with E-state index in [4.69, 9.17) is 5.73 Å². The Hall–Kier alpha value is -0.650. The van der Waals surface area contributed by atoms with Crippen LogP contribution in [0, 0.1) is 0 Å². The van der Waals surface area contributed by atoms with Crippen LogP contribution in [0.25, 0.3) is 0 Å². The number of hydrogen-bond donors (Lipinski definition) is 2. The lowest BCUT2D eigenvalue weighted by atomic mass is 9.93. The highest BCUT2D eigenvalue weighted by atomic mass is 33.1. The molecule has 1 aromatic rings. The van der Waals surface area contributed by atoms with Crippen LogP contribution in [-0.4, -0.2) is 30.5 Å². The van der Waals surface area contributed by atoms with Crippen molar-refractivity contribution in [2.45, 2.75) is 39.5 Å². The first kappa shape index (κ1) is 19.4. The normalized spacial score (nSPS) is 11.2. The molecule has 1 rings (SSSR count). The van der Waals surface area contributed by atoms with E-state index >= 15 is 0 Å². The molecule has 0 unspecified atom stereocenters. The third-order valence-corrected chi connectivity index (χ3v) is 5.77. The van der Waals surface area contributed by atoms with Gasteiger partial charge < -0.3 is 11.1 Å². The first-order valence-corrected chi connectivity index (χ1v) is 10.3. The van der Waals surface area contributed by atoms with Crippen LogP contribution < -0.4 is 11.1 Å². The fourth-order valence-electron chi connectivity index (χ4n) is 1.95. The summed E-state index contributed by atoms with van der Waals surface area (Å²) in [6.07, 6.45) is 0. The highest BCUT2D eigenvalue weighted by Gasteiger charge is 2.12. The molecule has 0 aliphatic rings. The Labute approximate surface area is 142 Å². The van der Waals surface area contributed by atoms with E-state index in [-0.39, 0.29) is 5.91 Å². The molecule has 5 heteroatoms. The molecular formula is C17H28N2OS2. The SMILES string of the molecule is CC(C)c1cc(C(=O)NCCSSCCN)cc(C(C)C)c1. The zero-order valence-corrected chi connectivity index (χ0v) is 15.7. The molecule has 0 aromatic heterocycles. The molecule has 0 spiro atoms. The van der Waals surface area contributed by atoms with Gasteiger partial charge in [0.1, 0.15) is 0 Å². The number of carbonyl (C=O) groups excluding carboxylic acids is 1. The number of rotatable bonds is 9. The maximum absolute atomic E-state index is 12.3. The summed E-state index contributed by atoms with van der Waals surface area (Å²) >= 11 is 0. The second-order valence-electron chi connectivity index (χ2n) is 5.89. The fraction of sp³-hybridized carbons (Fsp3) is 0.588. The highest BCUT2D eigenvalue weighted by Crippen LogP contribution is 2.23. The van der Waals surface area contributed by atoms with Crippen LogP contribution in [0.2, 0.25) is 0 Å². The Bertz CT molecular complexity index is 449. The standard InChI is InChI=1S/C17H28N2OS2/c1-12(2)14-9-15(13(3)4)11-16(10-14)17(20)19-6-8-22-21-7-5-18/h9-13H,5-8,18H2,1-4H3,(H,19,20). The van der Waals surface area contributed by atoms with E-state index in [0.717, 1.165) is 17.1 Å². The Morgan fingerprint density at radius 2 is 1.59 bits per heavy atom. The third-order valence-electron chi connectivity index (χ3n) is 3.33. The van der Waals surface area contributed by atoms with E-state index in [1.807, 2.05) is 12.1 Å². The molecule has 0 bridgehead atoms. The van der Waals surface area contributed by atoms with Crippen molar-refractivity contribution >= 4 is 27.5 Å². The number of nitrogens with two attached hydrogens (primary N) is 1. The summed E-state index contributed by atoms with van der Waals surface area (Å²) < 4.78 is 0.